The second-order valence-corrected chi connectivity index (χ2v) is 4.74. The summed E-state index contributed by atoms with van der Waals surface area (Å²) in [6.07, 6.45) is -3.52. The van der Waals surface area contributed by atoms with Crippen LogP contribution in [0.1, 0.15) is 28.4 Å². The van der Waals surface area contributed by atoms with E-state index >= 15 is 0 Å². The molecule has 24 heavy (non-hydrogen) atoms. The zero-order valence-electron chi connectivity index (χ0n) is 12.8. The van der Waals surface area contributed by atoms with E-state index in [1.165, 1.54) is 18.2 Å². The van der Waals surface area contributed by atoms with Crippen LogP contribution in [0.5, 0.6) is 5.75 Å². The standard InChI is InChI=1S/C17H15F3N2O2/c1-2-24-14-9-7-12(8-10-14)16(23)22-21-11-13-5-3-4-6-15(13)17(18,19)20/h3-11H,2H2,1H3,(H,22,23)/b21-11-. The van der Waals surface area contributed by atoms with Crippen molar-refractivity contribution in [2.45, 2.75) is 13.1 Å². The molecule has 0 saturated heterocycles. The first-order chi connectivity index (χ1) is 11.4. The van der Waals surface area contributed by atoms with Gasteiger partial charge in [-0.05, 0) is 37.3 Å². The predicted molar refractivity (Wildman–Crippen MR) is 84.1 cm³/mol. The number of carbonyl (C=O) groups excluding carboxylic acids is 1. The highest BCUT2D eigenvalue weighted by molar-refractivity contribution is 5.95. The Balaban J connectivity index is 2.05. The molecule has 0 radical (unpaired) electrons. The van der Waals surface area contributed by atoms with E-state index in [2.05, 4.69) is 10.5 Å². The molecule has 0 bridgehead atoms. The number of carbonyl (C=O) groups is 1. The first kappa shape index (κ1) is 17.5. The fourth-order valence-electron chi connectivity index (χ4n) is 1.96. The number of hydrogen-bond acceptors (Lipinski definition) is 3. The van der Waals surface area contributed by atoms with Gasteiger partial charge < -0.3 is 4.74 Å². The molecule has 2 rings (SSSR count). The van der Waals surface area contributed by atoms with Crippen LogP contribution in [0, 0.1) is 0 Å². The monoisotopic (exact) mass is 336 g/mol. The summed E-state index contributed by atoms with van der Waals surface area (Å²) in [6, 6.07) is 11.3. The Morgan fingerprint density at radius 2 is 1.83 bits per heavy atom. The zero-order valence-corrected chi connectivity index (χ0v) is 12.8. The second kappa shape index (κ2) is 7.63. The first-order valence-corrected chi connectivity index (χ1v) is 7.14. The van der Waals surface area contributed by atoms with Crippen molar-refractivity contribution in [3.8, 4) is 5.75 Å². The van der Waals surface area contributed by atoms with Gasteiger partial charge in [-0.2, -0.15) is 18.3 Å². The van der Waals surface area contributed by atoms with Gasteiger partial charge >= 0.3 is 6.18 Å². The van der Waals surface area contributed by atoms with E-state index in [9.17, 15) is 18.0 Å². The van der Waals surface area contributed by atoms with E-state index in [0.717, 1.165) is 12.3 Å². The third-order valence-electron chi connectivity index (χ3n) is 3.06. The highest BCUT2D eigenvalue weighted by atomic mass is 19.4. The average Bonchev–Trinajstić information content (AvgIpc) is 2.55. The van der Waals surface area contributed by atoms with Crippen LogP contribution in [0.3, 0.4) is 0 Å². The number of nitrogens with one attached hydrogen (secondary N) is 1. The van der Waals surface area contributed by atoms with Gasteiger partial charge in [-0.1, -0.05) is 18.2 Å². The van der Waals surface area contributed by atoms with E-state index in [1.54, 1.807) is 24.3 Å². The third kappa shape index (κ3) is 4.58. The molecule has 0 atom stereocenters. The van der Waals surface area contributed by atoms with Crippen LogP contribution in [0.2, 0.25) is 0 Å². The van der Waals surface area contributed by atoms with Crippen LogP contribution in [0.15, 0.2) is 53.6 Å². The summed E-state index contributed by atoms with van der Waals surface area (Å²) in [4.78, 5) is 11.9. The highest BCUT2D eigenvalue weighted by Gasteiger charge is 2.32. The Kier molecular flexibility index (Phi) is 5.57. The highest BCUT2D eigenvalue weighted by Crippen LogP contribution is 2.31. The SMILES string of the molecule is CCOc1ccc(C(=O)N/N=C\c2ccccc2C(F)(F)F)cc1. The Labute approximate surface area is 137 Å². The van der Waals surface area contributed by atoms with Gasteiger partial charge in [-0.15, -0.1) is 0 Å². The molecule has 0 aliphatic rings. The Hall–Kier alpha value is -2.83. The Bertz CT molecular complexity index is 725. The van der Waals surface area contributed by atoms with Crippen molar-refractivity contribution in [2.75, 3.05) is 6.61 Å². The van der Waals surface area contributed by atoms with Crippen molar-refractivity contribution < 1.29 is 22.7 Å². The van der Waals surface area contributed by atoms with Crippen LogP contribution in [-0.4, -0.2) is 18.7 Å². The van der Waals surface area contributed by atoms with E-state index < -0.39 is 17.6 Å². The molecule has 4 nitrogen and oxygen atoms in total. The molecule has 0 heterocycles. The Morgan fingerprint density at radius 3 is 2.46 bits per heavy atom. The maximum atomic E-state index is 12.8. The van der Waals surface area contributed by atoms with Crippen molar-refractivity contribution in [1.82, 2.24) is 5.43 Å². The molecule has 0 aromatic heterocycles. The van der Waals surface area contributed by atoms with Gasteiger partial charge in [0, 0.05) is 11.1 Å². The van der Waals surface area contributed by atoms with Gasteiger partial charge in [0.1, 0.15) is 5.75 Å². The topological polar surface area (TPSA) is 50.7 Å². The van der Waals surface area contributed by atoms with Gasteiger partial charge in [0.25, 0.3) is 5.91 Å². The summed E-state index contributed by atoms with van der Waals surface area (Å²) in [6.45, 7) is 2.35. The summed E-state index contributed by atoms with van der Waals surface area (Å²) < 4.78 is 43.8. The molecule has 0 saturated carbocycles. The number of amides is 1. The van der Waals surface area contributed by atoms with Gasteiger partial charge in [0.05, 0.1) is 18.4 Å². The molecule has 1 amide bonds. The molecular formula is C17H15F3N2O2. The maximum Gasteiger partial charge on any atom is 0.417 e. The number of alkyl halides is 3. The minimum Gasteiger partial charge on any atom is -0.494 e. The molecule has 126 valence electrons. The molecule has 2 aromatic carbocycles. The number of rotatable bonds is 5. The summed E-state index contributed by atoms with van der Waals surface area (Å²) in [5, 5.41) is 3.60. The molecule has 1 N–H and O–H groups in total. The third-order valence-corrected chi connectivity index (χ3v) is 3.06. The molecule has 0 spiro atoms. The molecule has 2 aromatic rings. The normalized spacial score (nSPS) is 11.5. The van der Waals surface area contributed by atoms with Crippen molar-refractivity contribution >= 4 is 12.1 Å². The molecule has 0 aliphatic carbocycles. The first-order valence-electron chi connectivity index (χ1n) is 7.14. The van der Waals surface area contributed by atoms with Gasteiger partial charge in [-0.3, -0.25) is 4.79 Å². The summed E-state index contributed by atoms with van der Waals surface area (Å²) in [5.74, 6) is 0.0930. The van der Waals surface area contributed by atoms with Crippen LogP contribution in [0.25, 0.3) is 0 Å². The molecule has 7 heteroatoms. The zero-order chi connectivity index (χ0) is 17.6. The number of benzene rings is 2. The summed E-state index contributed by atoms with van der Waals surface area (Å²) >= 11 is 0. The minimum atomic E-state index is -4.48. The Morgan fingerprint density at radius 1 is 1.17 bits per heavy atom. The fourth-order valence-corrected chi connectivity index (χ4v) is 1.96. The van der Waals surface area contributed by atoms with E-state index in [-0.39, 0.29) is 5.56 Å². The summed E-state index contributed by atoms with van der Waals surface area (Å²) in [5.41, 5.74) is 1.58. The fraction of sp³-hybridized carbons (Fsp3) is 0.176. The lowest BCUT2D eigenvalue weighted by Crippen LogP contribution is -2.18. The summed E-state index contributed by atoms with van der Waals surface area (Å²) in [7, 11) is 0. The minimum absolute atomic E-state index is 0.128. The van der Waals surface area contributed by atoms with Crippen LogP contribution < -0.4 is 10.2 Å². The number of ether oxygens (including phenoxy) is 1. The van der Waals surface area contributed by atoms with Crippen LogP contribution >= 0.6 is 0 Å². The number of hydrogen-bond donors (Lipinski definition) is 1. The lowest BCUT2D eigenvalue weighted by Gasteiger charge is -2.09. The number of halogens is 3. The quantitative estimate of drug-likeness (QED) is 0.666. The molecule has 0 aliphatic heterocycles. The lowest BCUT2D eigenvalue weighted by atomic mass is 10.1. The number of nitrogens with zero attached hydrogens (tertiary/aromatic N) is 1. The smallest absolute Gasteiger partial charge is 0.417 e. The van der Waals surface area contributed by atoms with Crippen molar-refractivity contribution in [1.29, 1.82) is 0 Å². The largest absolute Gasteiger partial charge is 0.494 e. The predicted octanol–water partition coefficient (Wildman–Crippen LogP) is 3.87. The van der Waals surface area contributed by atoms with Crippen molar-refractivity contribution in [2.24, 2.45) is 5.10 Å². The number of hydrazone groups is 1. The van der Waals surface area contributed by atoms with E-state index in [4.69, 9.17) is 4.74 Å². The van der Waals surface area contributed by atoms with Gasteiger partial charge in [0.2, 0.25) is 0 Å². The van der Waals surface area contributed by atoms with Crippen LogP contribution in [-0.2, 0) is 6.18 Å². The molecule has 0 unspecified atom stereocenters. The molecule has 0 fully saturated rings. The van der Waals surface area contributed by atoms with Crippen molar-refractivity contribution in [3.05, 3.63) is 65.2 Å². The average molecular weight is 336 g/mol. The second-order valence-electron chi connectivity index (χ2n) is 4.74. The van der Waals surface area contributed by atoms with Gasteiger partial charge in [-0.25, -0.2) is 5.43 Å². The molecular weight excluding hydrogens is 321 g/mol. The van der Waals surface area contributed by atoms with E-state index in [0.29, 0.717) is 17.9 Å². The lowest BCUT2D eigenvalue weighted by molar-refractivity contribution is -0.137. The van der Waals surface area contributed by atoms with E-state index in [1.807, 2.05) is 6.92 Å². The van der Waals surface area contributed by atoms with Crippen LogP contribution in [0.4, 0.5) is 13.2 Å². The maximum absolute atomic E-state index is 12.8. The van der Waals surface area contributed by atoms with Gasteiger partial charge in [0.15, 0.2) is 0 Å². The van der Waals surface area contributed by atoms with Crippen molar-refractivity contribution in [3.63, 3.8) is 0 Å².